The van der Waals surface area contributed by atoms with Crippen molar-refractivity contribution in [2.45, 2.75) is 6.92 Å². The maximum absolute atomic E-state index is 12.7. The second-order valence-electron chi connectivity index (χ2n) is 5.06. The Morgan fingerprint density at radius 2 is 2.05 bits per heavy atom. The third-order valence-corrected chi connectivity index (χ3v) is 3.62. The van der Waals surface area contributed by atoms with E-state index in [1.54, 1.807) is 36.5 Å². The van der Waals surface area contributed by atoms with E-state index in [-0.39, 0.29) is 5.91 Å². The van der Waals surface area contributed by atoms with Gasteiger partial charge >= 0.3 is 0 Å². The molecule has 0 saturated carbocycles. The minimum atomic E-state index is -0.171. The largest absolute Gasteiger partial charge is 0.399 e. The summed E-state index contributed by atoms with van der Waals surface area (Å²) in [4.78, 5) is 16.9. The highest BCUT2D eigenvalue weighted by Crippen LogP contribution is 2.18. The Kier molecular flexibility index (Phi) is 2.50. The third kappa shape index (κ3) is 1.76. The van der Waals surface area contributed by atoms with Crippen LogP contribution in [-0.4, -0.2) is 30.1 Å². The third-order valence-electron chi connectivity index (χ3n) is 3.62. The van der Waals surface area contributed by atoms with Crippen LogP contribution < -0.4 is 5.73 Å². The van der Waals surface area contributed by atoms with Crippen LogP contribution in [0.4, 0.5) is 5.69 Å². The summed E-state index contributed by atoms with van der Waals surface area (Å²) in [7, 11) is 0. The van der Waals surface area contributed by atoms with Crippen molar-refractivity contribution in [2.24, 2.45) is 0 Å². The lowest BCUT2D eigenvalue weighted by Crippen LogP contribution is -2.11. The van der Waals surface area contributed by atoms with Crippen molar-refractivity contribution in [1.29, 1.82) is 0 Å². The van der Waals surface area contributed by atoms with Crippen molar-refractivity contribution in [3.05, 3.63) is 54.2 Å². The second-order valence-corrected chi connectivity index (χ2v) is 5.06. The number of nitrogen functional groups attached to an aromatic ring is 1. The minimum absolute atomic E-state index is 0.171. The van der Waals surface area contributed by atoms with E-state index in [4.69, 9.17) is 5.73 Å². The zero-order chi connectivity index (χ0) is 15.3. The molecule has 1 aromatic carbocycles. The number of aromatic nitrogens is 5. The molecule has 0 aliphatic carbocycles. The highest BCUT2D eigenvalue weighted by atomic mass is 16.2. The standard InChI is InChI=1S/C15H12N6O/c1-9-18-19-14-6-10(4-5-20(9)14)15(22)21-8-17-12-7-11(16)2-3-13(12)21/h2-8H,16H2,1H3. The van der Waals surface area contributed by atoms with Gasteiger partial charge in [-0.2, -0.15) is 0 Å². The van der Waals surface area contributed by atoms with Crippen molar-refractivity contribution in [1.82, 2.24) is 24.1 Å². The zero-order valence-corrected chi connectivity index (χ0v) is 11.8. The lowest BCUT2D eigenvalue weighted by atomic mass is 10.2. The van der Waals surface area contributed by atoms with E-state index in [0.717, 1.165) is 11.3 Å². The number of carbonyl (C=O) groups excluding carboxylic acids is 1. The van der Waals surface area contributed by atoms with Crippen LogP contribution in [0.15, 0.2) is 42.9 Å². The number of nitrogens with zero attached hydrogens (tertiary/aromatic N) is 5. The fourth-order valence-corrected chi connectivity index (χ4v) is 2.47. The molecule has 0 aliphatic rings. The molecule has 0 atom stereocenters. The van der Waals surface area contributed by atoms with Crippen LogP contribution in [0.3, 0.4) is 0 Å². The number of hydrogen-bond donors (Lipinski definition) is 1. The molecule has 0 fully saturated rings. The van der Waals surface area contributed by atoms with E-state index >= 15 is 0 Å². The number of hydrogen-bond acceptors (Lipinski definition) is 5. The van der Waals surface area contributed by atoms with Crippen molar-refractivity contribution < 1.29 is 4.79 Å². The van der Waals surface area contributed by atoms with Gasteiger partial charge in [0.15, 0.2) is 5.65 Å². The summed E-state index contributed by atoms with van der Waals surface area (Å²) in [6.07, 6.45) is 3.29. The number of anilines is 1. The highest BCUT2D eigenvalue weighted by Gasteiger charge is 2.14. The van der Waals surface area contributed by atoms with Crippen LogP contribution in [-0.2, 0) is 0 Å². The summed E-state index contributed by atoms with van der Waals surface area (Å²) in [5.41, 5.74) is 8.92. The molecule has 4 rings (SSSR count). The summed E-state index contributed by atoms with van der Waals surface area (Å²) in [5.74, 6) is 0.605. The molecule has 0 radical (unpaired) electrons. The molecule has 0 bridgehead atoms. The van der Waals surface area contributed by atoms with Gasteiger partial charge in [-0.3, -0.25) is 13.8 Å². The van der Waals surface area contributed by atoms with Gasteiger partial charge in [0.25, 0.3) is 5.91 Å². The fraction of sp³-hybridized carbons (Fsp3) is 0.0667. The molecule has 108 valence electrons. The number of nitrogens with two attached hydrogens (primary N) is 1. The Hall–Kier alpha value is -3.22. The molecule has 4 aromatic rings. The Balaban J connectivity index is 1.84. The average molecular weight is 292 g/mol. The van der Waals surface area contributed by atoms with Gasteiger partial charge in [0.1, 0.15) is 12.2 Å². The van der Waals surface area contributed by atoms with Crippen molar-refractivity contribution in [3.63, 3.8) is 0 Å². The number of fused-ring (bicyclic) bond motifs is 2. The Morgan fingerprint density at radius 3 is 2.91 bits per heavy atom. The summed E-state index contributed by atoms with van der Waals surface area (Å²) >= 11 is 0. The Bertz CT molecular complexity index is 1030. The van der Waals surface area contributed by atoms with Gasteiger partial charge in [0.05, 0.1) is 11.0 Å². The number of aryl methyl sites for hydroxylation is 1. The lowest BCUT2D eigenvalue weighted by molar-refractivity contribution is 0.0964. The van der Waals surface area contributed by atoms with Crippen LogP contribution in [0, 0.1) is 6.92 Å². The van der Waals surface area contributed by atoms with Crippen molar-refractivity contribution in [2.75, 3.05) is 5.73 Å². The van der Waals surface area contributed by atoms with E-state index in [1.807, 2.05) is 11.3 Å². The Morgan fingerprint density at radius 1 is 1.18 bits per heavy atom. The predicted molar refractivity (Wildman–Crippen MR) is 81.6 cm³/mol. The second kappa shape index (κ2) is 4.39. The number of rotatable bonds is 1. The summed E-state index contributed by atoms with van der Waals surface area (Å²) in [6.45, 7) is 1.86. The maximum Gasteiger partial charge on any atom is 0.263 e. The molecule has 7 heteroatoms. The minimum Gasteiger partial charge on any atom is -0.399 e. The fourth-order valence-electron chi connectivity index (χ4n) is 2.47. The molecule has 0 amide bonds. The molecular formula is C15H12N6O. The molecule has 0 saturated heterocycles. The summed E-state index contributed by atoms with van der Waals surface area (Å²) in [5, 5.41) is 8.02. The first-order valence-corrected chi connectivity index (χ1v) is 6.72. The van der Waals surface area contributed by atoms with Gasteiger partial charge in [0.2, 0.25) is 0 Å². The van der Waals surface area contributed by atoms with Crippen LogP contribution in [0.25, 0.3) is 16.7 Å². The number of benzene rings is 1. The zero-order valence-electron chi connectivity index (χ0n) is 11.8. The van der Waals surface area contributed by atoms with E-state index in [9.17, 15) is 4.79 Å². The van der Waals surface area contributed by atoms with Gasteiger partial charge in [-0.25, -0.2) is 4.98 Å². The van der Waals surface area contributed by atoms with E-state index in [2.05, 4.69) is 15.2 Å². The van der Waals surface area contributed by atoms with Crippen LogP contribution in [0.1, 0.15) is 16.2 Å². The number of pyridine rings is 1. The van der Waals surface area contributed by atoms with Crippen molar-refractivity contribution >= 4 is 28.3 Å². The highest BCUT2D eigenvalue weighted by molar-refractivity contribution is 6.01. The number of carbonyl (C=O) groups is 1. The van der Waals surface area contributed by atoms with Crippen LogP contribution in [0.5, 0.6) is 0 Å². The average Bonchev–Trinajstić information content (AvgIpc) is 3.10. The molecular weight excluding hydrogens is 280 g/mol. The first kappa shape index (κ1) is 12.5. The quantitative estimate of drug-likeness (QED) is 0.539. The van der Waals surface area contributed by atoms with Gasteiger partial charge in [-0.05, 0) is 37.3 Å². The SMILES string of the molecule is Cc1nnc2cc(C(=O)n3cnc4cc(N)ccc43)ccn12. The molecule has 0 spiro atoms. The molecule has 0 aliphatic heterocycles. The van der Waals surface area contributed by atoms with Gasteiger partial charge in [-0.15, -0.1) is 10.2 Å². The summed E-state index contributed by atoms with van der Waals surface area (Å²) < 4.78 is 3.33. The Labute approximate surface area is 125 Å². The van der Waals surface area contributed by atoms with Gasteiger partial charge in [-0.1, -0.05) is 0 Å². The first-order chi connectivity index (χ1) is 10.6. The van der Waals surface area contributed by atoms with E-state index < -0.39 is 0 Å². The topological polar surface area (TPSA) is 91.1 Å². The molecule has 3 heterocycles. The molecule has 0 unspecified atom stereocenters. The number of imidazole rings is 1. The first-order valence-electron chi connectivity index (χ1n) is 6.72. The van der Waals surface area contributed by atoms with Crippen molar-refractivity contribution in [3.8, 4) is 0 Å². The molecule has 3 aromatic heterocycles. The van der Waals surface area contributed by atoms with Gasteiger partial charge < -0.3 is 5.73 Å². The predicted octanol–water partition coefficient (Wildman–Crippen LogP) is 1.66. The van der Waals surface area contributed by atoms with Crippen LogP contribution in [0.2, 0.25) is 0 Å². The molecule has 7 nitrogen and oxygen atoms in total. The van der Waals surface area contributed by atoms with E-state index in [0.29, 0.717) is 22.4 Å². The summed E-state index contributed by atoms with van der Waals surface area (Å²) in [6, 6.07) is 8.73. The lowest BCUT2D eigenvalue weighted by Gasteiger charge is -2.04. The van der Waals surface area contributed by atoms with E-state index in [1.165, 1.54) is 10.9 Å². The van der Waals surface area contributed by atoms with Crippen LogP contribution >= 0.6 is 0 Å². The van der Waals surface area contributed by atoms with Gasteiger partial charge in [0, 0.05) is 17.4 Å². The maximum atomic E-state index is 12.7. The molecule has 2 N–H and O–H groups in total. The normalized spacial score (nSPS) is 11.3. The smallest absolute Gasteiger partial charge is 0.263 e. The monoisotopic (exact) mass is 292 g/mol. The molecule has 22 heavy (non-hydrogen) atoms.